The van der Waals surface area contributed by atoms with Crippen molar-refractivity contribution in [3.63, 3.8) is 0 Å². The van der Waals surface area contributed by atoms with E-state index < -0.39 is 0 Å². The van der Waals surface area contributed by atoms with E-state index >= 15 is 0 Å². The number of rotatable bonds is 6. The maximum Gasteiger partial charge on any atom is 0.225 e. The fourth-order valence-electron chi connectivity index (χ4n) is 4.06. The van der Waals surface area contributed by atoms with E-state index in [-0.39, 0.29) is 23.8 Å². The molecular weight excluding hydrogens is 366 g/mol. The minimum Gasteiger partial charge on any atom is -0.379 e. The summed E-state index contributed by atoms with van der Waals surface area (Å²) >= 11 is 6.44. The lowest BCUT2D eigenvalue weighted by atomic mass is 10.0. The number of benzene rings is 1. The fourth-order valence-corrected chi connectivity index (χ4v) is 4.32. The average Bonchev–Trinajstić information content (AvgIpc) is 3.45. The lowest BCUT2D eigenvalue weighted by Gasteiger charge is -2.35. The van der Waals surface area contributed by atoms with Crippen LogP contribution < -0.4 is 5.32 Å². The molecule has 0 spiro atoms. The van der Waals surface area contributed by atoms with Crippen LogP contribution in [-0.4, -0.2) is 67.0 Å². The molecule has 1 aromatic carbocycles. The predicted molar refractivity (Wildman–Crippen MR) is 102 cm³/mol. The van der Waals surface area contributed by atoms with Crippen molar-refractivity contribution in [3.8, 4) is 0 Å². The molecule has 3 fully saturated rings. The van der Waals surface area contributed by atoms with E-state index in [0.717, 1.165) is 31.5 Å². The van der Waals surface area contributed by atoms with Gasteiger partial charge in [0.1, 0.15) is 0 Å². The number of nitrogens with zero attached hydrogens (tertiary/aromatic N) is 2. The van der Waals surface area contributed by atoms with E-state index in [2.05, 4.69) is 10.2 Å². The highest BCUT2D eigenvalue weighted by atomic mass is 35.5. The van der Waals surface area contributed by atoms with Gasteiger partial charge in [0.25, 0.3) is 0 Å². The van der Waals surface area contributed by atoms with Crippen molar-refractivity contribution in [2.45, 2.75) is 31.3 Å². The third kappa shape index (κ3) is 4.28. The van der Waals surface area contributed by atoms with Crippen molar-refractivity contribution < 1.29 is 14.3 Å². The van der Waals surface area contributed by atoms with E-state index in [9.17, 15) is 9.59 Å². The largest absolute Gasteiger partial charge is 0.379 e. The Bertz CT molecular complexity index is 703. The molecule has 2 unspecified atom stereocenters. The number of halogens is 1. The molecule has 1 N–H and O–H groups in total. The second-order valence-corrected chi connectivity index (χ2v) is 8.02. The van der Waals surface area contributed by atoms with Gasteiger partial charge in [-0.2, -0.15) is 0 Å². The maximum absolute atomic E-state index is 12.7. The Kier molecular flexibility index (Phi) is 5.66. The molecule has 0 radical (unpaired) electrons. The van der Waals surface area contributed by atoms with Crippen molar-refractivity contribution in [3.05, 3.63) is 34.9 Å². The Balaban J connectivity index is 1.41. The predicted octanol–water partition coefficient (Wildman–Crippen LogP) is 1.84. The SMILES string of the molecule is O=C(NCC(c1ccccc1Cl)N1CCOCC1)C1CC(=O)N(C2CC2)C1. The number of ether oxygens (including phenoxy) is 1. The van der Waals surface area contributed by atoms with Crippen LogP contribution in [-0.2, 0) is 14.3 Å². The Hall–Kier alpha value is -1.63. The summed E-state index contributed by atoms with van der Waals surface area (Å²) in [5.74, 6) is -0.153. The second kappa shape index (κ2) is 8.17. The number of hydrogen-bond acceptors (Lipinski definition) is 4. The first-order chi connectivity index (χ1) is 13.1. The zero-order valence-corrected chi connectivity index (χ0v) is 16.2. The van der Waals surface area contributed by atoms with Crippen LogP contribution in [0.25, 0.3) is 0 Å². The Morgan fingerprint density at radius 2 is 2.00 bits per heavy atom. The molecule has 2 aliphatic heterocycles. The minimum atomic E-state index is -0.241. The zero-order valence-electron chi connectivity index (χ0n) is 15.4. The van der Waals surface area contributed by atoms with Gasteiger partial charge < -0.3 is 15.0 Å². The summed E-state index contributed by atoms with van der Waals surface area (Å²) in [5.41, 5.74) is 1.02. The molecular formula is C20H26ClN3O3. The van der Waals surface area contributed by atoms with Crippen LogP contribution in [0.2, 0.25) is 5.02 Å². The van der Waals surface area contributed by atoms with Crippen molar-refractivity contribution in [2.75, 3.05) is 39.4 Å². The van der Waals surface area contributed by atoms with E-state index in [0.29, 0.717) is 43.8 Å². The maximum atomic E-state index is 12.7. The second-order valence-electron chi connectivity index (χ2n) is 7.61. The number of likely N-dealkylation sites (tertiary alicyclic amines) is 1. The van der Waals surface area contributed by atoms with Crippen LogP contribution in [0.4, 0.5) is 0 Å². The van der Waals surface area contributed by atoms with Gasteiger partial charge in [0.15, 0.2) is 0 Å². The van der Waals surface area contributed by atoms with Gasteiger partial charge in [-0.1, -0.05) is 29.8 Å². The van der Waals surface area contributed by atoms with Crippen molar-refractivity contribution in [2.24, 2.45) is 5.92 Å². The lowest BCUT2D eigenvalue weighted by molar-refractivity contribution is -0.129. The van der Waals surface area contributed by atoms with Gasteiger partial charge in [-0.25, -0.2) is 0 Å². The number of amides is 2. The normalized spacial score (nSPS) is 24.9. The molecule has 1 saturated carbocycles. The molecule has 2 atom stereocenters. The zero-order chi connectivity index (χ0) is 18.8. The molecule has 0 bridgehead atoms. The van der Waals surface area contributed by atoms with Crippen LogP contribution in [0, 0.1) is 5.92 Å². The van der Waals surface area contributed by atoms with Crippen molar-refractivity contribution >= 4 is 23.4 Å². The molecule has 2 heterocycles. The van der Waals surface area contributed by atoms with Crippen LogP contribution in [0.1, 0.15) is 30.9 Å². The summed E-state index contributed by atoms with van der Waals surface area (Å²) < 4.78 is 5.47. The molecule has 4 rings (SSSR count). The standard InChI is InChI=1S/C20H26ClN3O3/c21-17-4-2-1-3-16(17)18(23-7-9-27-10-8-23)12-22-20(26)14-11-19(25)24(13-14)15-5-6-15/h1-4,14-15,18H,5-13H2,(H,22,26). The third-order valence-corrected chi connectivity index (χ3v) is 6.08. The Morgan fingerprint density at radius 1 is 1.26 bits per heavy atom. The Morgan fingerprint density at radius 3 is 2.70 bits per heavy atom. The highest BCUT2D eigenvalue weighted by Gasteiger charge is 2.41. The summed E-state index contributed by atoms with van der Waals surface area (Å²) in [7, 11) is 0. The topological polar surface area (TPSA) is 61.9 Å². The monoisotopic (exact) mass is 391 g/mol. The number of hydrogen-bond donors (Lipinski definition) is 1. The average molecular weight is 392 g/mol. The van der Waals surface area contributed by atoms with Gasteiger partial charge in [0.05, 0.1) is 25.2 Å². The van der Waals surface area contributed by atoms with Crippen LogP contribution in [0.15, 0.2) is 24.3 Å². The molecule has 1 aromatic rings. The van der Waals surface area contributed by atoms with Crippen LogP contribution >= 0.6 is 11.6 Å². The first-order valence-corrected chi connectivity index (χ1v) is 10.1. The van der Waals surface area contributed by atoms with E-state index in [1.165, 1.54) is 0 Å². The number of carbonyl (C=O) groups excluding carboxylic acids is 2. The smallest absolute Gasteiger partial charge is 0.225 e. The van der Waals surface area contributed by atoms with Gasteiger partial charge in [-0.3, -0.25) is 14.5 Å². The van der Waals surface area contributed by atoms with Crippen molar-refractivity contribution in [1.29, 1.82) is 0 Å². The first-order valence-electron chi connectivity index (χ1n) is 9.77. The molecule has 27 heavy (non-hydrogen) atoms. The molecule has 3 aliphatic rings. The highest BCUT2D eigenvalue weighted by molar-refractivity contribution is 6.31. The Labute approximate surface area is 164 Å². The number of nitrogens with one attached hydrogen (secondary N) is 1. The van der Waals surface area contributed by atoms with Gasteiger partial charge in [0.2, 0.25) is 11.8 Å². The molecule has 2 amide bonds. The number of carbonyl (C=O) groups is 2. The molecule has 2 saturated heterocycles. The lowest BCUT2D eigenvalue weighted by Crippen LogP contribution is -2.45. The van der Waals surface area contributed by atoms with Crippen molar-refractivity contribution in [1.82, 2.24) is 15.1 Å². The third-order valence-electron chi connectivity index (χ3n) is 5.74. The van der Waals surface area contributed by atoms with Gasteiger partial charge in [-0.15, -0.1) is 0 Å². The summed E-state index contributed by atoms with van der Waals surface area (Å²) in [4.78, 5) is 29.0. The molecule has 1 aliphatic carbocycles. The van der Waals surface area contributed by atoms with Gasteiger partial charge >= 0.3 is 0 Å². The number of morpholine rings is 1. The van der Waals surface area contributed by atoms with E-state index in [1.54, 1.807) is 0 Å². The quantitative estimate of drug-likeness (QED) is 0.803. The summed E-state index contributed by atoms with van der Waals surface area (Å²) in [5, 5.41) is 3.80. The van der Waals surface area contributed by atoms with E-state index in [1.807, 2.05) is 29.2 Å². The molecule has 7 heteroatoms. The summed E-state index contributed by atoms with van der Waals surface area (Å²) in [6, 6.07) is 8.16. The molecule has 146 valence electrons. The fraction of sp³-hybridized carbons (Fsp3) is 0.600. The van der Waals surface area contributed by atoms with Crippen LogP contribution in [0.5, 0.6) is 0 Å². The highest BCUT2D eigenvalue weighted by Crippen LogP contribution is 2.33. The first kappa shape index (κ1) is 18.7. The van der Waals surface area contributed by atoms with Gasteiger partial charge in [-0.05, 0) is 24.5 Å². The minimum absolute atomic E-state index is 0.00295. The summed E-state index contributed by atoms with van der Waals surface area (Å²) in [6.07, 6.45) is 2.48. The molecule has 6 nitrogen and oxygen atoms in total. The van der Waals surface area contributed by atoms with Gasteiger partial charge in [0, 0.05) is 43.7 Å². The summed E-state index contributed by atoms with van der Waals surface area (Å²) in [6.45, 7) is 4.03. The van der Waals surface area contributed by atoms with Crippen LogP contribution in [0.3, 0.4) is 0 Å². The van der Waals surface area contributed by atoms with E-state index in [4.69, 9.17) is 16.3 Å². The molecule has 0 aromatic heterocycles.